The van der Waals surface area contributed by atoms with Crippen LogP contribution in [0.15, 0.2) is 60.7 Å². The molecular weight excluding hydrogens is 383 g/mol. The summed E-state index contributed by atoms with van der Waals surface area (Å²) in [7, 11) is -3.38. The van der Waals surface area contributed by atoms with Gasteiger partial charge in [0.1, 0.15) is 6.35 Å². The van der Waals surface area contributed by atoms with Gasteiger partial charge in [0.25, 0.3) is 0 Å². The van der Waals surface area contributed by atoms with Gasteiger partial charge < -0.3 is 13.8 Å². The fourth-order valence-electron chi connectivity index (χ4n) is 3.34. The highest BCUT2D eigenvalue weighted by atomic mass is 31.2. The lowest BCUT2D eigenvalue weighted by Crippen LogP contribution is -2.17. The molecule has 0 aliphatic rings. The lowest BCUT2D eigenvalue weighted by atomic mass is 9.81. The maximum Gasteiger partial charge on any atom is 0.356 e. The van der Waals surface area contributed by atoms with E-state index in [4.69, 9.17) is 13.8 Å². The van der Waals surface area contributed by atoms with Gasteiger partial charge in [0.2, 0.25) is 0 Å². The molecule has 0 radical (unpaired) electrons. The summed E-state index contributed by atoms with van der Waals surface area (Å²) < 4.78 is 30.6. The Kier molecular flexibility index (Phi) is 9.58. The summed E-state index contributed by atoms with van der Waals surface area (Å²) in [5.41, 5.74) is 2.09. The van der Waals surface area contributed by atoms with Crippen molar-refractivity contribution < 1.29 is 18.3 Å². The molecule has 0 unspecified atom stereocenters. The van der Waals surface area contributed by atoms with E-state index in [1.54, 1.807) is 0 Å². The first-order valence-corrected chi connectivity index (χ1v) is 12.0. The van der Waals surface area contributed by atoms with E-state index in [2.05, 4.69) is 27.7 Å². The normalized spacial score (nSPS) is 12.4. The van der Waals surface area contributed by atoms with Gasteiger partial charge in [-0.05, 0) is 35.3 Å². The molecule has 0 atom stereocenters. The Hall–Kier alpha value is -1.45. The fourth-order valence-corrected chi connectivity index (χ4v) is 4.61. The highest BCUT2D eigenvalue weighted by molar-refractivity contribution is 7.53. The van der Waals surface area contributed by atoms with Gasteiger partial charge in [-0.2, -0.15) is 0 Å². The van der Waals surface area contributed by atoms with Crippen LogP contribution in [-0.2, 0) is 31.6 Å². The number of hydrogen-bond donors (Lipinski definition) is 0. The van der Waals surface area contributed by atoms with Crippen LogP contribution in [0.5, 0.6) is 0 Å². The largest absolute Gasteiger partial charge is 0.369 e. The Morgan fingerprint density at radius 2 is 1.34 bits per heavy atom. The van der Waals surface area contributed by atoms with Crippen LogP contribution in [0.3, 0.4) is 0 Å². The second kappa shape index (κ2) is 11.7. The average Bonchev–Trinajstić information content (AvgIpc) is 2.69. The Bertz CT molecular complexity index is 696. The first-order valence-electron chi connectivity index (χ1n) is 10.3. The summed E-state index contributed by atoms with van der Waals surface area (Å²) in [5, 5.41) is 0. The number of ether oxygens (including phenoxy) is 1. The summed E-state index contributed by atoms with van der Waals surface area (Å²) in [4.78, 5) is 0. The summed E-state index contributed by atoms with van der Waals surface area (Å²) in [6.07, 6.45) is 2.00. The van der Waals surface area contributed by atoms with E-state index in [1.807, 2.05) is 60.7 Å². The minimum atomic E-state index is -3.38. The van der Waals surface area contributed by atoms with Crippen molar-refractivity contribution in [3.8, 4) is 0 Å². The number of benzene rings is 2. The average molecular weight is 419 g/mol. The van der Waals surface area contributed by atoms with E-state index in [0.29, 0.717) is 12.5 Å². The van der Waals surface area contributed by atoms with Gasteiger partial charge in [-0.25, -0.2) is 0 Å². The maximum absolute atomic E-state index is 13.3. The van der Waals surface area contributed by atoms with Crippen molar-refractivity contribution in [1.29, 1.82) is 0 Å². The van der Waals surface area contributed by atoms with E-state index in [1.165, 1.54) is 0 Å². The van der Waals surface area contributed by atoms with Gasteiger partial charge >= 0.3 is 7.60 Å². The summed E-state index contributed by atoms with van der Waals surface area (Å²) in [6.45, 7) is 9.94. The van der Waals surface area contributed by atoms with E-state index in [-0.39, 0.29) is 25.0 Å². The van der Waals surface area contributed by atoms with Crippen molar-refractivity contribution in [3.05, 3.63) is 71.8 Å². The molecule has 5 heteroatoms. The molecule has 0 aliphatic carbocycles. The van der Waals surface area contributed by atoms with Crippen LogP contribution in [0.1, 0.15) is 51.7 Å². The number of hydrogen-bond acceptors (Lipinski definition) is 4. The quantitative estimate of drug-likeness (QED) is 0.258. The van der Waals surface area contributed by atoms with Crippen LogP contribution in [0.25, 0.3) is 0 Å². The SMILES string of the molecule is CC(C)CC(C)(C)CCOCP(=O)(OCc1ccccc1)OCc1ccccc1. The lowest BCUT2D eigenvalue weighted by Gasteiger charge is -2.27. The molecule has 4 nitrogen and oxygen atoms in total. The molecule has 160 valence electrons. The Labute approximate surface area is 176 Å². The van der Waals surface area contributed by atoms with Gasteiger partial charge in [0.15, 0.2) is 0 Å². The Morgan fingerprint density at radius 3 is 1.79 bits per heavy atom. The monoisotopic (exact) mass is 418 g/mol. The summed E-state index contributed by atoms with van der Waals surface area (Å²) in [6, 6.07) is 19.4. The van der Waals surface area contributed by atoms with Gasteiger partial charge in [-0.3, -0.25) is 4.57 Å². The third kappa shape index (κ3) is 9.73. The molecule has 0 heterocycles. The van der Waals surface area contributed by atoms with Crippen molar-refractivity contribution in [3.63, 3.8) is 0 Å². The van der Waals surface area contributed by atoms with Crippen LogP contribution in [0.4, 0.5) is 0 Å². The molecule has 0 aromatic heterocycles. The minimum absolute atomic E-state index is 0.0373. The molecule has 2 aromatic carbocycles. The van der Waals surface area contributed by atoms with Crippen LogP contribution < -0.4 is 0 Å². The molecule has 0 amide bonds. The molecule has 0 bridgehead atoms. The van der Waals surface area contributed by atoms with Crippen LogP contribution in [0.2, 0.25) is 0 Å². The fraction of sp³-hybridized carbons (Fsp3) is 0.500. The second-order valence-corrected chi connectivity index (χ2v) is 10.7. The lowest BCUT2D eigenvalue weighted by molar-refractivity contribution is 0.0971. The zero-order valence-electron chi connectivity index (χ0n) is 18.2. The molecule has 0 aliphatic heterocycles. The predicted molar refractivity (Wildman–Crippen MR) is 119 cm³/mol. The summed E-state index contributed by atoms with van der Waals surface area (Å²) in [5.74, 6) is 0.638. The highest BCUT2D eigenvalue weighted by Gasteiger charge is 2.26. The molecule has 0 N–H and O–H groups in total. The smallest absolute Gasteiger partial charge is 0.356 e. The number of rotatable bonds is 13. The molecule has 0 saturated carbocycles. The van der Waals surface area contributed by atoms with Crippen LogP contribution in [0, 0.1) is 11.3 Å². The van der Waals surface area contributed by atoms with Crippen LogP contribution in [-0.4, -0.2) is 13.0 Å². The van der Waals surface area contributed by atoms with E-state index < -0.39 is 7.60 Å². The molecule has 0 saturated heterocycles. The predicted octanol–water partition coefficient (Wildman–Crippen LogP) is 7.05. The third-order valence-corrected chi connectivity index (χ3v) is 6.22. The molecule has 29 heavy (non-hydrogen) atoms. The van der Waals surface area contributed by atoms with E-state index >= 15 is 0 Å². The topological polar surface area (TPSA) is 44.8 Å². The minimum Gasteiger partial charge on any atom is -0.369 e. The van der Waals surface area contributed by atoms with Crippen molar-refractivity contribution in [2.45, 2.75) is 53.8 Å². The first-order chi connectivity index (χ1) is 13.8. The third-order valence-electron chi connectivity index (χ3n) is 4.67. The zero-order valence-corrected chi connectivity index (χ0v) is 19.1. The van der Waals surface area contributed by atoms with Crippen molar-refractivity contribution in [2.75, 3.05) is 13.0 Å². The zero-order chi connectivity index (χ0) is 21.2. The molecule has 0 fully saturated rings. The van der Waals surface area contributed by atoms with E-state index in [9.17, 15) is 4.57 Å². The van der Waals surface area contributed by atoms with E-state index in [0.717, 1.165) is 24.0 Å². The van der Waals surface area contributed by atoms with Gasteiger partial charge in [-0.1, -0.05) is 88.4 Å². The van der Waals surface area contributed by atoms with Crippen LogP contribution >= 0.6 is 7.60 Å². The second-order valence-electron chi connectivity index (χ2n) is 8.68. The van der Waals surface area contributed by atoms with Gasteiger partial charge in [0, 0.05) is 6.61 Å². The highest BCUT2D eigenvalue weighted by Crippen LogP contribution is 2.49. The maximum atomic E-state index is 13.3. The van der Waals surface area contributed by atoms with Crippen molar-refractivity contribution >= 4 is 7.60 Å². The van der Waals surface area contributed by atoms with Crippen molar-refractivity contribution in [1.82, 2.24) is 0 Å². The molecule has 2 aromatic rings. The Morgan fingerprint density at radius 1 is 0.862 bits per heavy atom. The summed E-state index contributed by atoms with van der Waals surface area (Å²) >= 11 is 0. The molecular formula is C24H35O4P. The Balaban J connectivity index is 1.91. The molecule has 2 rings (SSSR count). The van der Waals surface area contributed by atoms with Gasteiger partial charge in [0.05, 0.1) is 13.2 Å². The van der Waals surface area contributed by atoms with Gasteiger partial charge in [-0.15, -0.1) is 0 Å². The molecule has 0 spiro atoms. The van der Waals surface area contributed by atoms with Crippen molar-refractivity contribution in [2.24, 2.45) is 11.3 Å². The first kappa shape index (κ1) is 23.8. The standard InChI is InChI=1S/C24H35O4P/c1-21(2)17-24(3,4)15-16-26-20-29(25,27-18-22-11-7-5-8-12-22)28-19-23-13-9-6-10-14-23/h5-14,21H,15-20H2,1-4H3.